The molecule has 13 heavy (non-hydrogen) atoms. The SMILES string of the molecule is CC(CO)N1[C@@H]2CC[C@H]1CC(N)C2. The first kappa shape index (κ1) is 9.44. The average molecular weight is 184 g/mol. The minimum absolute atomic E-state index is 0.280. The lowest BCUT2D eigenvalue weighted by Gasteiger charge is -2.40. The van der Waals surface area contributed by atoms with E-state index in [1.807, 2.05) is 0 Å². The predicted octanol–water partition coefficient (Wildman–Crippen LogP) is 0.321. The van der Waals surface area contributed by atoms with E-state index in [2.05, 4.69) is 11.8 Å². The normalized spacial score (nSPS) is 42.2. The van der Waals surface area contributed by atoms with Crippen molar-refractivity contribution in [2.24, 2.45) is 5.73 Å². The van der Waals surface area contributed by atoms with Gasteiger partial charge in [-0.2, -0.15) is 0 Å². The van der Waals surface area contributed by atoms with Crippen molar-refractivity contribution in [3.63, 3.8) is 0 Å². The van der Waals surface area contributed by atoms with Crippen LogP contribution in [0.15, 0.2) is 0 Å². The fourth-order valence-corrected chi connectivity index (χ4v) is 3.07. The lowest BCUT2D eigenvalue weighted by atomic mass is 9.96. The summed E-state index contributed by atoms with van der Waals surface area (Å²) < 4.78 is 0. The van der Waals surface area contributed by atoms with Crippen LogP contribution in [0.3, 0.4) is 0 Å². The van der Waals surface area contributed by atoms with E-state index < -0.39 is 0 Å². The highest BCUT2D eigenvalue weighted by Crippen LogP contribution is 2.36. The fraction of sp³-hybridized carbons (Fsp3) is 1.00. The summed E-state index contributed by atoms with van der Waals surface area (Å²) in [5.74, 6) is 0. The van der Waals surface area contributed by atoms with Crippen LogP contribution in [-0.4, -0.2) is 40.8 Å². The molecule has 3 heteroatoms. The summed E-state index contributed by atoms with van der Waals surface area (Å²) in [6.07, 6.45) is 4.81. The molecular weight excluding hydrogens is 164 g/mol. The van der Waals surface area contributed by atoms with Gasteiger partial charge in [-0.1, -0.05) is 0 Å². The zero-order valence-corrected chi connectivity index (χ0v) is 8.32. The zero-order chi connectivity index (χ0) is 9.42. The van der Waals surface area contributed by atoms with E-state index >= 15 is 0 Å². The van der Waals surface area contributed by atoms with Crippen molar-refractivity contribution in [3.8, 4) is 0 Å². The van der Waals surface area contributed by atoms with Crippen molar-refractivity contribution in [1.82, 2.24) is 4.90 Å². The van der Waals surface area contributed by atoms with Crippen LogP contribution >= 0.6 is 0 Å². The number of nitrogens with two attached hydrogens (primary N) is 1. The van der Waals surface area contributed by atoms with Gasteiger partial charge in [0, 0.05) is 24.2 Å². The minimum Gasteiger partial charge on any atom is -0.395 e. The Kier molecular flexibility index (Phi) is 2.58. The molecule has 4 atom stereocenters. The second-order valence-electron chi connectivity index (χ2n) is 4.60. The molecule has 2 rings (SSSR count). The summed E-state index contributed by atoms with van der Waals surface area (Å²) in [6.45, 7) is 2.39. The van der Waals surface area contributed by atoms with Crippen LogP contribution in [-0.2, 0) is 0 Å². The van der Waals surface area contributed by atoms with Crippen molar-refractivity contribution >= 4 is 0 Å². The van der Waals surface area contributed by atoms with Gasteiger partial charge in [-0.05, 0) is 32.6 Å². The molecule has 2 fully saturated rings. The smallest absolute Gasteiger partial charge is 0.0584 e. The molecule has 0 aromatic heterocycles. The van der Waals surface area contributed by atoms with E-state index in [4.69, 9.17) is 10.8 Å². The summed E-state index contributed by atoms with van der Waals surface area (Å²) >= 11 is 0. The number of hydrogen-bond donors (Lipinski definition) is 2. The molecule has 76 valence electrons. The number of nitrogens with zero attached hydrogens (tertiary/aromatic N) is 1. The highest BCUT2D eigenvalue weighted by Gasteiger charge is 2.41. The lowest BCUT2D eigenvalue weighted by Crippen LogP contribution is -2.52. The van der Waals surface area contributed by atoms with Crippen LogP contribution in [0.1, 0.15) is 32.6 Å². The Balaban J connectivity index is 2.06. The monoisotopic (exact) mass is 184 g/mol. The number of piperidine rings is 1. The molecule has 0 amide bonds. The van der Waals surface area contributed by atoms with Gasteiger partial charge in [0.15, 0.2) is 0 Å². The van der Waals surface area contributed by atoms with Crippen molar-refractivity contribution in [2.75, 3.05) is 6.61 Å². The van der Waals surface area contributed by atoms with Crippen LogP contribution in [0.2, 0.25) is 0 Å². The standard InChI is InChI=1S/C10H20N2O/c1-7(6-13)12-9-2-3-10(12)5-8(11)4-9/h7-10,13H,2-6,11H2,1H3/t7?,8?,9-,10+. The van der Waals surface area contributed by atoms with Gasteiger partial charge >= 0.3 is 0 Å². The third-order valence-electron chi connectivity index (χ3n) is 3.60. The molecule has 0 aliphatic carbocycles. The first-order valence-electron chi connectivity index (χ1n) is 5.36. The molecule has 2 saturated heterocycles. The third kappa shape index (κ3) is 1.60. The topological polar surface area (TPSA) is 49.5 Å². The van der Waals surface area contributed by atoms with Gasteiger partial charge < -0.3 is 10.8 Å². The Morgan fingerprint density at radius 2 is 1.92 bits per heavy atom. The highest BCUT2D eigenvalue weighted by molar-refractivity contribution is 4.98. The van der Waals surface area contributed by atoms with E-state index in [0.717, 1.165) is 12.8 Å². The van der Waals surface area contributed by atoms with Gasteiger partial charge in [0.25, 0.3) is 0 Å². The Labute approximate surface area is 79.9 Å². The third-order valence-corrected chi connectivity index (χ3v) is 3.60. The van der Waals surface area contributed by atoms with Crippen LogP contribution in [0.25, 0.3) is 0 Å². The first-order chi connectivity index (χ1) is 6.22. The second-order valence-corrected chi connectivity index (χ2v) is 4.60. The number of aliphatic hydroxyl groups is 1. The van der Waals surface area contributed by atoms with Crippen molar-refractivity contribution in [1.29, 1.82) is 0 Å². The highest BCUT2D eigenvalue weighted by atomic mass is 16.3. The van der Waals surface area contributed by atoms with Crippen LogP contribution in [0, 0.1) is 0 Å². The van der Waals surface area contributed by atoms with Gasteiger partial charge in [-0.25, -0.2) is 0 Å². The number of fused-ring (bicyclic) bond motifs is 2. The minimum atomic E-state index is 0.280. The lowest BCUT2D eigenvalue weighted by molar-refractivity contribution is 0.0531. The molecular formula is C10H20N2O. The van der Waals surface area contributed by atoms with Crippen molar-refractivity contribution in [2.45, 2.75) is 56.8 Å². The van der Waals surface area contributed by atoms with Crippen molar-refractivity contribution < 1.29 is 5.11 Å². The maximum Gasteiger partial charge on any atom is 0.0584 e. The molecule has 2 aliphatic heterocycles. The number of hydrogen-bond acceptors (Lipinski definition) is 3. The molecule has 2 heterocycles. The molecule has 3 N–H and O–H groups in total. The largest absolute Gasteiger partial charge is 0.395 e. The molecule has 2 aliphatic rings. The van der Waals surface area contributed by atoms with Crippen LogP contribution in [0.4, 0.5) is 0 Å². The van der Waals surface area contributed by atoms with Gasteiger partial charge in [-0.3, -0.25) is 4.90 Å². The van der Waals surface area contributed by atoms with Gasteiger partial charge in [0.05, 0.1) is 6.61 Å². The fourth-order valence-electron chi connectivity index (χ4n) is 3.07. The Morgan fingerprint density at radius 1 is 1.38 bits per heavy atom. The molecule has 0 aromatic rings. The van der Waals surface area contributed by atoms with Gasteiger partial charge in [-0.15, -0.1) is 0 Å². The van der Waals surface area contributed by atoms with E-state index in [-0.39, 0.29) is 6.61 Å². The molecule has 3 nitrogen and oxygen atoms in total. The molecule has 0 spiro atoms. The molecule has 2 bridgehead atoms. The zero-order valence-electron chi connectivity index (χ0n) is 8.32. The van der Waals surface area contributed by atoms with Crippen LogP contribution < -0.4 is 5.73 Å². The Bertz CT molecular complexity index is 172. The maximum absolute atomic E-state index is 9.14. The average Bonchev–Trinajstić information content (AvgIpc) is 2.37. The summed E-state index contributed by atoms with van der Waals surface area (Å²) in [5.41, 5.74) is 5.97. The summed E-state index contributed by atoms with van der Waals surface area (Å²) in [4.78, 5) is 2.49. The molecule has 2 unspecified atom stereocenters. The van der Waals surface area contributed by atoms with Crippen LogP contribution in [0.5, 0.6) is 0 Å². The Morgan fingerprint density at radius 3 is 2.38 bits per heavy atom. The Hall–Kier alpha value is -0.120. The quantitative estimate of drug-likeness (QED) is 0.650. The molecule has 0 saturated carbocycles. The number of rotatable bonds is 2. The predicted molar refractivity (Wildman–Crippen MR) is 52.4 cm³/mol. The van der Waals surface area contributed by atoms with Crippen molar-refractivity contribution in [3.05, 3.63) is 0 Å². The first-order valence-corrected chi connectivity index (χ1v) is 5.36. The van der Waals surface area contributed by atoms with E-state index in [1.165, 1.54) is 12.8 Å². The van der Waals surface area contributed by atoms with Gasteiger partial charge in [0.1, 0.15) is 0 Å². The second kappa shape index (κ2) is 3.56. The van der Waals surface area contributed by atoms with Gasteiger partial charge in [0.2, 0.25) is 0 Å². The molecule has 0 aromatic carbocycles. The summed E-state index contributed by atoms with van der Waals surface area (Å²) in [6, 6.07) is 2.02. The molecule has 0 radical (unpaired) electrons. The number of aliphatic hydroxyl groups excluding tert-OH is 1. The summed E-state index contributed by atoms with van der Waals surface area (Å²) in [7, 11) is 0. The van der Waals surface area contributed by atoms with E-state index in [0.29, 0.717) is 24.2 Å². The van der Waals surface area contributed by atoms with E-state index in [9.17, 15) is 0 Å². The summed E-state index contributed by atoms with van der Waals surface area (Å²) in [5, 5.41) is 9.14. The van der Waals surface area contributed by atoms with E-state index in [1.54, 1.807) is 0 Å². The maximum atomic E-state index is 9.14.